The van der Waals surface area contributed by atoms with Gasteiger partial charge in [0.05, 0.1) is 0 Å². The predicted octanol–water partition coefficient (Wildman–Crippen LogP) is 2.85. The number of phenols is 1. The fourth-order valence-electron chi connectivity index (χ4n) is 0.811. The summed E-state index contributed by atoms with van der Waals surface area (Å²) < 4.78 is 17.4. The van der Waals surface area contributed by atoms with Crippen LogP contribution in [0.5, 0.6) is 11.5 Å². The average Bonchev–Trinajstić information content (AvgIpc) is 2.19. The molecule has 0 amide bonds. The smallest absolute Gasteiger partial charge is 0.414 e. The van der Waals surface area contributed by atoms with Gasteiger partial charge in [-0.3, -0.25) is 0 Å². The number of benzene rings is 1. The second-order valence-corrected chi connectivity index (χ2v) is 5.48. The van der Waals surface area contributed by atoms with Crippen LogP contribution >= 0.6 is 25.1 Å². The highest BCUT2D eigenvalue weighted by atomic mass is 31.2. The molecule has 14 heavy (non-hydrogen) atoms. The first-order chi connectivity index (χ1) is 6.84. The molecule has 5 nitrogen and oxygen atoms in total. The third-order valence-corrected chi connectivity index (χ3v) is 4.20. The lowest BCUT2D eigenvalue weighted by Crippen LogP contribution is -1.81. The van der Waals surface area contributed by atoms with Crippen molar-refractivity contribution < 1.29 is 9.63 Å². The van der Waals surface area contributed by atoms with Gasteiger partial charge in [-0.1, -0.05) is 6.07 Å². The van der Waals surface area contributed by atoms with Crippen LogP contribution in [-0.2, 0) is 0 Å². The fraction of sp³-hybridized carbons (Fsp3) is 0. The average molecular weight is 244 g/mol. The van der Waals surface area contributed by atoms with Gasteiger partial charge in [-0.15, -0.1) is 0 Å². The van der Waals surface area contributed by atoms with Crippen LogP contribution < -0.4 is 4.52 Å². The molecule has 0 unspecified atom stereocenters. The van der Waals surface area contributed by atoms with E-state index >= 15 is 0 Å². The van der Waals surface area contributed by atoms with Crippen molar-refractivity contribution in [1.82, 2.24) is 13.5 Å². The highest BCUT2D eigenvalue weighted by molar-refractivity contribution is 7.50. The third kappa shape index (κ3) is 2.55. The maximum Gasteiger partial charge on any atom is 0.414 e. The number of rotatable bonds is 2. The van der Waals surface area contributed by atoms with Gasteiger partial charge in [-0.05, 0) is 16.6 Å². The van der Waals surface area contributed by atoms with Crippen LogP contribution in [0, 0.1) is 0 Å². The first-order valence-electron chi connectivity index (χ1n) is 3.63. The third-order valence-electron chi connectivity index (χ3n) is 1.32. The van der Waals surface area contributed by atoms with E-state index in [4.69, 9.17) is 4.52 Å². The van der Waals surface area contributed by atoms with Gasteiger partial charge in [-0.25, -0.2) is 0 Å². The van der Waals surface area contributed by atoms with Gasteiger partial charge in [-0.2, -0.15) is 0 Å². The lowest BCUT2D eigenvalue weighted by atomic mass is 10.3. The second kappa shape index (κ2) is 4.56. The van der Waals surface area contributed by atoms with E-state index in [-0.39, 0.29) is 5.75 Å². The number of aromatic hydroxyl groups is 1. The van der Waals surface area contributed by atoms with Gasteiger partial charge >= 0.3 is 25.1 Å². The first kappa shape index (κ1) is 9.67. The minimum atomic E-state index is -1.14. The molecule has 0 radical (unpaired) electrons. The number of phenolic OH excluding ortho intramolecular Hbond substituents is 1. The predicted molar refractivity (Wildman–Crippen MR) is 56.1 cm³/mol. The van der Waals surface area contributed by atoms with Crippen molar-refractivity contribution in [1.29, 1.82) is 0 Å². The molecule has 0 atom stereocenters. The van der Waals surface area contributed by atoms with Crippen molar-refractivity contribution in [2.45, 2.75) is 0 Å². The highest BCUT2D eigenvalue weighted by Gasteiger charge is 2.07. The van der Waals surface area contributed by atoms with Gasteiger partial charge in [0, 0.05) is 15.1 Å². The summed E-state index contributed by atoms with van der Waals surface area (Å²) in [5, 5.41) is 9.19. The van der Waals surface area contributed by atoms with E-state index in [1.807, 2.05) is 0 Å². The zero-order chi connectivity index (χ0) is 9.80. The van der Waals surface area contributed by atoms with Gasteiger partial charge in [0.15, 0.2) is 5.75 Å². The topological polar surface area (TPSA) is 68.1 Å². The normalized spacial score (nSPS) is 12.1. The van der Waals surface area contributed by atoms with E-state index < -0.39 is 8.08 Å². The molecular weight excluding hydrogens is 239 g/mol. The van der Waals surface area contributed by atoms with E-state index in [1.165, 1.54) is 6.07 Å². The van der Waals surface area contributed by atoms with Crippen LogP contribution in [0.4, 0.5) is 0 Å². The Hall–Kier alpha value is -0.880. The van der Waals surface area contributed by atoms with Crippen molar-refractivity contribution >= 4 is 25.1 Å². The SMILES string of the molecule is Oc1cccc(O[p+]2npnpn2)c1. The molecule has 0 aliphatic heterocycles. The lowest BCUT2D eigenvalue weighted by molar-refractivity contribution is 0.471. The minimum Gasteiger partial charge on any atom is -0.508 e. The molecule has 0 fully saturated rings. The maximum atomic E-state index is 9.19. The molecule has 0 aliphatic rings. The Labute approximate surface area is 84.6 Å². The van der Waals surface area contributed by atoms with Crippen molar-refractivity contribution in [3.05, 3.63) is 24.3 Å². The van der Waals surface area contributed by atoms with Crippen molar-refractivity contribution in [2.75, 3.05) is 0 Å². The summed E-state index contributed by atoms with van der Waals surface area (Å²) in [4.78, 5) is 0. The number of hydrogen-bond acceptors (Lipinski definition) is 5. The monoisotopic (exact) mass is 244 g/mol. The van der Waals surface area contributed by atoms with Gasteiger partial charge in [0.1, 0.15) is 5.75 Å². The minimum absolute atomic E-state index is 0.175. The van der Waals surface area contributed by atoms with Crippen molar-refractivity contribution in [2.24, 2.45) is 0 Å². The Morgan fingerprint density at radius 1 is 1.29 bits per heavy atom. The maximum absolute atomic E-state index is 9.19. The highest BCUT2D eigenvalue weighted by Crippen LogP contribution is 2.28. The molecule has 8 heteroatoms. The van der Waals surface area contributed by atoms with Crippen LogP contribution in [0.2, 0.25) is 0 Å². The summed E-state index contributed by atoms with van der Waals surface area (Å²) in [6, 6.07) is 6.59. The first-order valence-corrected chi connectivity index (χ1v) is 6.40. The molecule has 1 aromatic carbocycles. The summed E-state index contributed by atoms with van der Waals surface area (Å²) in [6.45, 7) is 0. The van der Waals surface area contributed by atoms with E-state index in [2.05, 4.69) is 13.5 Å². The summed E-state index contributed by atoms with van der Waals surface area (Å²) >= 11 is 0. The zero-order valence-corrected chi connectivity index (χ0v) is 9.53. The van der Waals surface area contributed by atoms with Gasteiger partial charge < -0.3 is 9.63 Å². The molecule has 0 saturated carbocycles. The van der Waals surface area contributed by atoms with Crippen LogP contribution in [0.15, 0.2) is 24.3 Å². The quantitative estimate of drug-likeness (QED) is 0.879. The van der Waals surface area contributed by atoms with Gasteiger partial charge in [0.2, 0.25) is 0 Å². The molecule has 1 aromatic heterocycles. The van der Waals surface area contributed by atoms with E-state index in [9.17, 15) is 5.11 Å². The molecule has 0 aliphatic carbocycles. The molecule has 1 N–H and O–H groups in total. The van der Waals surface area contributed by atoms with Crippen LogP contribution in [0.3, 0.4) is 0 Å². The molecule has 2 rings (SSSR count). The Bertz CT molecular complexity index is 428. The Morgan fingerprint density at radius 2 is 2.07 bits per heavy atom. The van der Waals surface area contributed by atoms with Gasteiger partial charge in [0.25, 0.3) is 0 Å². The molecule has 0 spiro atoms. The van der Waals surface area contributed by atoms with Crippen molar-refractivity contribution in [3.63, 3.8) is 0 Å². The number of aromatic nitrogens is 3. The van der Waals surface area contributed by atoms with Crippen molar-refractivity contribution in [3.8, 4) is 11.5 Å². The second-order valence-electron chi connectivity index (χ2n) is 2.29. The lowest BCUT2D eigenvalue weighted by Gasteiger charge is -1.96. The Balaban J connectivity index is 2.19. The summed E-state index contributed by atoms with van der Waals surface area (Å²) in [5.74, 6) is 0.755. The largest absolute Gasteiger partial charge is 0.508 e. The molecule has 1 heterocycles. The molecule has 2 aromatic rings. The molecule has 0 saturated heterocycles. The number of hydrogen-bond donors (Lipinski definition) is 1. The fourth-order valence-corrected chi connectivity index (χ4v) is 3.49. The molecule has 70 valence electrons. The Morgan fingerprint density at radius 3 is 2.79 bits per heavy atom. The summed E-state index contributed by atoms with van der Waals surface area (Å²) in [6.07, 6.45) is 0. The standard InChI is InChI=1S/C6H4N3O2P3/c10-5-2-1-3-6(4-5)11-14-8-12-7-13-9-14/h1-4H/p+1. The summed E-state index contributed by atoms with van der Waals surface area (Å²) in [5.41, 5.74) is 0. The summed E-state index contributed by atoms with van der Waals surface area (Å²) in [7, 11) is 0.188. The van der Waals surface area contributed by atoms with Crippen LogP contribution in [0.25, 0.3) is 0 Å². The Kier molecular flexibility index (Phi) is 3.15. The van der Waals surface area contributed by atoms with Crippen LogP contribution in [0.1, 0.15) is 0 Å². The van der Waals surface area contributed by atoms with E-state index in [0.29, 0.717) is 22.8 Å². The van der Waals surface area contributed by atoms with E-state index in [0.717, 1.165) is 0 Å². The van der Waals surface area contributed by atoms with Crippen LogP contribution in [-0.4, -0.2) is 18.6 Å². The number of nitrogens with zero attached hydrogens (tertiary/aromatic N) is 3. The van der Waals surface area contributed by atoms with E-state index in [1.54, 1.807) is 18.2 Å². The zero-order valence-electron chi connectivity index (χ0n) is 6.85. The molecule has 0 bridgehead atoms. The molecular formula is C6H5N3O2P3+.